The molecule has 1 atom stereocenters. The van der Waals surface area contributed by atoms with Crippen LogP contribution in [-0.2, 0) is 0 Å². The maximum absolute atomic E-state index is 12.9. The van der Waals surface area contributed by atoms with Crippen molar-refractivity contribution >= 4 is 16.7 Å². The molecule has 2 rings (SSSR count). The highest BCUT2D eigenvalue weighted by atomic mass is 32.2. The van der Waals surface area contributed by atoms with E-state index in [4.69, 9.17) is 18.9 Å². The number of carbonyl (C=O) groups is 1. The van der Waals surface area contributed by atoms with Crippen LogP contribution in [0.5, 0.6) is 23.0 Å². The molecule has 1 unspecified atom stereocenters. The monoisotopic (exact) mass is 464 g/mol. The Morgan fingerprint density at radius 1 is 0.844 bits per heavy atom. The minimum absolute atomic E-state index is 0.000362. The van der Waals surface area contributed by atoms with E-state index in [-0.39, 0.29) is 10.9 Å². The summed E-state index contributed by atoms with van der Waals surface area (Å²) in [6.45, 7) is 5.08. The van der Waals surface area contributed by atoms with Crippen molar-refractivity contribution in [2.24, 2.45) is 0 Å². The van der Waals surface area contributed by atoms with E-state index in [2.05, 4.69) is 13.8 Å². The van der Waals surface area contributed by atoms with E-state index in [1.165, 1.54) is 38.6 Å². The molecule has 0 aromatic heterocycles. The molecule has 2 aromatic carbocycles. The summed E-state index contributed by atoms with van der Waals surface area (Å²) in [5.74, 6) is 5.22. The maximum atomic E-state index is 12.9. The van der Waals surface area contributed by atoms with Gasteiger partial charge in [-0.25, -0.2) is 0 Å². The second kappa shape index (κ2) is 13.2. The van der Waals surface area contributed by atoms with E-state index < -0.39 is 11.9 Å². The fraction of sp³-hybridized carbons (Fsp3) is 0.480. The van der Waals surface area contributed by atoms with Crippen LogP contribution in [0.1, 0.15) is 48.7 Å². The summed E-state index contributed by atoms with van der Waals surface area (Å²) >= 11 is 0. The summed E-state index contributed by atoms with van der Waals surface area (Å²) in [4.78, 5) is 12.9. The normalized spacial score (nSPS) is 12.1. The lowest BCUT2D eigenvalue weighted by molar-refractivity contribution is 0.0746. The van der Waals surface area contributed by atoms with Crippen molar-refractivity contribution < 1.29 is 28.8 Å². The lowest BCUT2D eigenvalue weighted by atomic mass is 9.99. The molecular weight excluding hydrogens is 428 g/mol. The average Bonchev–Trinajstić information content (AvgIpc) is 2.82. The number of carbonyl (C=O) groups excluding carboxylic acids is 1. The van der Waals surface area contributed by atoms with Gasteiger partial charge in [-0.05, 0) is 60.2 Å². The van der Waals surface area contributed by atoms with Crippen LogP contribution >= 0.6 is 10.9 Å². The zero-order valence-corrected chi connectivity index (χ0v) is 20.6. The van der Waals surface area contributed by atoms with E-state index in [9.17, 15) is 9.90 Å². The molecule has 0 aliphatic heterocycles. The Morgan fingerprint density at radius 2 is 1.44 bits per heavy atom. The number of benzene rings is 2. The number of ketones is 1. The van der Waals surface area contributed by atoms with E-state index in [1.54, 1.807) is 43.5 Å². The van der Waals surface area contributed by atoms with Crippen molar-refractivity contribution in [1.29, 1.82) is 0 Å². The summed E-state index contributed by atoms with van der Waals surface area (Å²) in [7, 11) is 4.58. The average molecular weight is 465 g/mol. The maximum Gasteiger partial charge on any atom is 0.195 e. The van der Waals surface area contributed by atoms with Crippen LogP contribution < -0.4 is 18.9 Å². The predicted octanol–water partition coefficient (Wildman–Crippen LogP) is 4.83. The summed E-state index contributed by atoms with van der Waals surface area (Å²) in [6.07, 6.45) is 1.07. The second-order valence-electron chi connectivity index (χ2n) is 7.44. The number of ether oxygens (including phenoxy) is 4. The number of aliphatic hydroxyl groups is 1. The zero-order valence-electron chi connectivity index (χ0n) is 19.7. The first-order valence-electron chi connectivity index (χ1n) is 11.0. The SMILES string of the molecule is CCC[SH](CCC)CCOc1ccc(C(O)C(=O)c2ccc(OC)c(OC)c2)cc1OC. The lowest BCUT2D eigenvalue weighted by Crippen LogP contribution is -2.13. The lowest BCUT2D eigenvalue weighted by Gasteiger charge is -2.21. The van der Waals surface area contributed by atoms with Gasteiger partial charge in [0, 0.05) is 11.3 Å². The van der Waals surface area contributed by atoms with Crippen LogP contribution in [0, 0.1) is 0 Å². The standard InChI is InChI=1S/C25H36O6S/c1-6-13-32(14-7-2)15-12-31-21-11-9-19(17-23(21)30-5)25(27)24(26)18-8-10-20(28-3)22(16-18)29-4/h8-11,16-17,25,27,32H,6-7,12-15H2,1-5H3. The highest BCUT2D eigenvalue weighted by Gasteiger charge is 2.22. The van der Waals surface area contributed by atoms with Crippen LogP contribution in [0.4, 0.5) is 0 Å². The van der Waals surface area contributed by atoms with Gasteiger partial charge >= 0.3 is 0 Å². The molecule has 0 fully saturated rings. The summed E-state index contributed by atoms with van der Waals surface area (Å²) < 4.78 is 21.9. The minimum Gasteiger partial charge on any atom is -0.493 e. The second-order valence-corrected chi connectivity index (χ2v) is 10.1. The third-order valence-electron chi connectivity index (χ3n) is 5.16. The number of hydrogen-bond acceptors (Lipinski definition) is 6. The highest BCUT2D eigenvalue weighted by Crippen LogP contribution is 2.34. The van der Waals surface area contributed by atoms with E-state index in [0.29, 0.717) is 40.7 Å². The quantitative estimate of drug-likeness (QED) is 0.308. The van der Waals surface area contributed by atoms with Crippen LogP contribution in [0.2, 0.25) is 0 Å². The molecule has 0 saturated carbocycles. The fourth-order valence-electron chi connectivity index (χ4n) is 3.52. The molecule has 0 aliphatic rings. The van der Waals surface area contributed by atoms with Gasteiger partial charge in [-0.2, -0.15) is 0 Å². The molecule has 32 heavy (non-hydrogen) atoms. The van der Waals surface area contributed by atoms with Gasteiger partial charge in [0.1, 0.15) is 6.10 Å². The van der Waals surface area contributed by atoms with Crippen LogP contribution in [0.25, 0.3) is 0 Å². The molecule has 0 spiro atoms. The van der Waals surface area contributed by atoms with Gasteiger partial charge < -0.3 is 24.1 Å². The molecule has 0 heterocycles. The Hall–Kier alpha value is -2.38. The third kappa shape index (κ3) is 6.81. The number of hydrogen-bond donors (Lipinski definition) is 2. The molecule has 0 radical (unpaired) electrons. The fourth-order valence-corrected chi connectivity index (χ4v) is 5.81. The van der Waals surface area contributed by atoms with Crippen molar-refractivity contribution in [3.05, 3.63) is 47.5 Å². The number of thiol groups is 1. The van der Waals surface area contributed by atoms with Crippen LogP contribution in [-0.4, -0.2) is 56.1 Å². The first-order valence-corrected chi connectivity index (χ1v) is 12.9. The van der Waals surface area contributed by atoms with Crippen molar-refractivity contribution in [3.63, 3.8) is 0 Å². The number of Topliss-reactive ketones (excluding diaryl/α,β-unsaturated/α-hetero) is 1. The third-order valence-corrected chi connectivity index (χ3v) is 8.14. The van der Waals surface area contributed by atoms with Gasteiger partial charge in [0.15, 0.2) is 28.8 Å². The summed E-state index contributed by atoms with van der Waals surface area (Å²) in [6, 6.07) is 9.90. The summed E-state index contributed by atoms with van der Waals surface area (Å²) in [5, 5.41) is 10.7. The van der Waals surface area contributed by atoms with Crippen molar-refractivity contribution in [2.75, 3.05) is 45.2 Å². The van der Waals surface area contributed by atoms with Gasteiger partial charge in [-0.15, -0.1) is 0 Å². The van der Waals surface area contributed by atoms with E-state index in [0.717, 1.165) is 5.75 Å². The Kier molecular flexibility index (Phi) is 10.7. The van der Waals surface area contributed by atoms with E-state index >= 15 is 0 Å². The van der Waals surface area contributed by atoms with Gasteiger partial charge in [0.2, 0.25) is 0 Å². The molecule has 1 N–H and O–H groups in total. The van der Waals surface area contributed by atoms with Crippen molar-refractivity contribution in [1.82, 2.24) is 0 Å². The van der Waals surface area contributed by atoms with Gasteiger partial charge in [-0.1, -0.05) is 19.9 Å². The predicted molar refractivity (Wildman–Crippen MR) is 131 cm³/mol. The Morgan fingerprint density at radius 3 is 2.03 bits per heavy atom. The topological polar surface area (TPSA) is 74.2 Å². The van der Waals surface area contributed by atoms with E-state index in [1.807, 2.05) is 0 Å². The van der Waals surface area contributed by atoms with Gasteiger partial charge in [0.25, 0.3) is 0 Å². The van der Waals surface area contributed by atoms with Gasteiger partial charge in [-0.3, -0.25) is 15.7 Å². The first-order chi connectivity index (χ1) is 15.5. The number of methoxy groups -OCH3 is 3. The summed E-state index contributed by atoms with van der Waals surface area (Å²) in [5.41, 5.74) is 0.767. The molecule has 0 aliphatic carbocycles. The van der Waals surface area contributed by atoms with Crippen LogP contribution in [0.3, 0.4) is 0 Å². The molecule has 0 bridgehead atoms. The first kappa shape index (κ1) is 25.9. The van der Waals surface area contributed by atoms with Crippen LogP contribution in [0.15, 0.2) is 36.4 Å². The Labute approximate surface area is 194 Å². The molecule has 0 saturated heterocycles. The Bertz CT molecular complexity index is 864. The molecule has 0 amide bonds. The number of rotatable bonds is 14. The molecule has 6 nitrogen and oxygen atoms in total. The number of aliphatic hydroxyl groups excluding tert-OH is 1. The molecule has 2 aromatic rings. The highest BCUT2D eigenvalue weighted by molar-refractivity contribution is 8.17. The molecule has 7 heteroatoms. The molecule has 178 valence electrons. The minimum atomic E-state index is -1.34. The zero-order chi connectivity index (χ0) is 23.5. The van der Waals surface area contributed by atoms with Crippen molar-refractivity contribution in [3.8, 4) is 23.0 Å². The van der Waals surface area contributed by atoms with Crippen molar-refractivity contribution in [2.45, 2.75) is 32.8 Å². The van der Waals surface area contributed by atoms with Gasteiger partial charge in [0.05, 0.1) is 27.9 Å². The molecular formula is C25H36O6S. The Balaban J connectivity index is 2.11. The largest absolute Gasteiger partial charge is 0.493 e. The smallest absolute Gasteiger partial charge is 0.195 e.